The van der Waals surface area contributed by atoms with Gasteiger partial charge in [-0.15, -0.1) is 0 Å². The zero-order valence-corrected chi connectivity index (χ0v) is 11.8. The molecule has 6 heteroatoms. The van der Waals surface area contributed by atoms with E-state index in [-0.39, 0.29) is 17.5 Å². The van der Waals surface area contributed by atoms with E-state index in [4.69, 9.17) is 11.0 Å². The van der Waals surface area contributed by atoms with Gasteiger partial charge in [0.2, 0.25) is 10.0 Å². The largest absolute Gasteiger partial charge is 0.329 e. The summed E-state index contributed by atoms with van der Waals surface area (Å²) in [6, 6.07) is 7.52. The Bertz CT molecular complexity index is 532. The van der Waals surface area contributed by atoms with Crippen molar-refractivity contribution in [3.05, 3.63) is 29.8 Å². The predicted molar refractivity (Wildman–Crippen MR) is 73.8 cm³/mol. The minimum Gasteiger partial charge on any atom is -0.329 e. The van der Waals surface area contributed by atoms with E-state index in [9.17, 15) is 8.42 Å². The van der Waals surface area contributed by atoms with Crippen LogP contribution in [-0.4, -0.2) is 21.0 Å². The van der Waals surface area contributed by atoms with E-state index in [1.54, 1.807) is 0 Å². The number of rotatable bonds is 7. The standard InChI is InChI=1S/C13H19N3O2S/c1-2-3-4-12(10-15)16-19(17,18)13-7-5-11(9-14)6-8-13/h5-8,12,16H,2-4,10,15H2,1H3/t12-/m1/s1. The Kier molecular flexibility index (Phi) is 5.96. The first kappa shape index (κ1) is 15.6. The fraction of sp³-hybridized carbons (Fsp3) is 0.462. The van der Waals surface area contributed by atoms with Crippen molar-refractivity contribution in [2.24, 2.45) is 5.73 Å². The van der Waals surface area contributed by atoms with Crippen molar-refractivity contribution in [3.63, 3.8) is 0 Å². The molecular formula is C13H19N3O2S. The maximum atomic E-state index is 12.1. The monoisotopic (exact) mass is 281 g/mol. The van der Waals surface area contributed by atoms with Gasteiger partial charge in [0.15, 0.2) is 0 Å². The van der Waals surface area contributed by atoms with E-state index in [1.165, 1.54) is 24.3 Å². The van der Waals surface area contributed by atoms with E-state index >= 15 is 0 Å². The van der Waals surface area contributed by atoms with Gasteiger partial charge in [-0.05, 0) is 30.7 Å². The highest BCUT2D eigenvalue weighted by molar-refractivity contribution is 7.89. The Morgan fingerprint density at radius 2 is 2.00 bits per heavy atom. The van der Waals surface area contributed by atoms with Crippen molar-refractivity contribution < 1.29 is 8.42 Å². The number of unbranched alkanes of at least 4 members (excludes halogenated alkanes) is 1. The van der Waals surface area contributed by atoms with Crippen molar-refractivity contribution >= 4 is 10.0 Å². The van der Waals surface area contributed by atoms with Crippen molar-refractivity contribution in [1.29, 1.82) is 5.26 Å². The summed E-state index contributed by atoms with van der Waals surface area (Å²) in [5.74, 6) is 0. The maximum absolute atomic E-state index is 12.1. The molecule has 1 atom stereocenters. The molecule has 0 aliphatic heterocycles. The van der Waals surface area contributed by atoms with Crippen LogP contribution in [-0.2, 0) is 10.0 Å². The van der Waals surface area contributed by atoms with E-state index < -0.39 is 10.0 Å². The molecule has 1 aromatic rings. The van der Waals surface area contributed by atoms with Crippen molar-refractivity contribution in [3.8, 4) is 6.07 Å². The second-order valence-electron chi connectivity index (χ2n) is 4.33. The average molecular weight is 281 g/mol. The van der Waals surface area contributed by atoms with Gasteiger partial charge in [0, 0.05) is 12.6 Å². The summed E-state index contributed by atoms with van der Waals surface area (Å²) in [7, 11) is -3.57. The molecule has 0 saturated carbocycles. The Balaban J connectivity index is 2.81. The molecule has 0 amide bonds. The molecule has 0 saturated heterocycles. The molecule has 1 rings (SSSR count). The maximum Gasteiger partial charge on any atom is 0.240 e. The fourth-order valence-electron chi connectivity index (χ4n) is 1.67. The second-order valence-corrected chi connectivity index (χ2v) is 6.05. The number of benzene rings is 1. The summed E-state index contributed by atoms with van der Waals surface area (Å²) in [5.41, 5.74) is 6.01. The summed E-state index contributed by atoms with van der Waals surface area (Å²) < 4.78 is 26.8. The highest BCUT2D eigenvalue weighted by atomic mass is 32.2. The van der Waals surface area contributed by atoms with Crippen LogP contribution in [0.3, 0.4) is 0 Å². The molecule has 0 radical (unpaired) electrons. The SMILES string of the molecule is CCCC[C@H](CN)NS(=O)(=O)c1ccc(C#N)cc1. The lowest BCUT2D eigenvalue weighted by atomic mass is 10.1. The normalized spacial score (nSPS) is 12.9. The number of hydrogen-bond donors (Lipinski definition) is 2. The van der Waals surface area contributed by atoms with Gasteiger partial charge in [-0.1, -0.05) is 19.8 Å². The quantitative estimate of drug-likeness (QED) is 0.788. The van der Waals surface area contributed by atoms with Crippen LogP contribution in [0.15, 0.2) is 29.2 Å². The summed E-state index contributed by atoms with van der Waals surface area (Å²) in [6.07, 6.45) is 2.65. The van der Waals surface area contributed by atoms with Crippen LogP contribution in [0.25, 0.3) is 0 Å². The van der Waals surface area contributed by atoms with Gasteiger partial charge in [-0.25, -0.2) is 13.1 Å². The number of nitrogens with two attached hydrogens (primary N) is 1. The van der Waals surface area contributed by atoms with Gasteiger partial charge in [0.05, 0.1) is 16.5 Å². The number of sulfonamides is 1. The minimum absolute atomic E-state index is 0.154. The third-order valence-electron chi connectivity index (χ3n) is 2.81. The van der Waals surface area contributed by atoms with Crippen molar-refractivity contribution in [2.75, 3.05) is 6.54 Å². The molecule has 0 unspecified atom stereocenters. The average Bonchev–Trinajstić information content (AvgIpc) is 2.43. The molecule has 19 heavy (non-hydrogen) atoms. The van der Waals surface area contributed by atoms with Crippen molar-refractivity contribution in [1.82, 2.24) is 4.72 Å². The summed E-state index contributed by atoms with van der Waals surface area (Å²) in [5, 5.41) is 8.68. The highest BCUT2D eigenvalue weighted by Crippen LogP contribution is 2.11. The molecule has 5 nitrogen and oxygen atoms in total. The second kappa shape index (κ2) is 7.24. The number of nitriles is 1. The van der Waals surface area contributed by atoms with Crippen LogP contribution in [0.5, 0.6) is 0 Å². The third-order valence-corrected chi connectivity index (χ3v) is 4.34. The van der Waals surface area contributed by atoms with Crippen LogP contribution >= 0.6 is 0 Å². The fourth-order valence-corrected chi connectivity index (χ4v) is 2.95. The molecular weight excluding hydrogens is 262 g/mol. The summed E-state index contributed by atoms with van der Waals surface area (Å²) in [6.45, 7) is 2.32. The Labute approximate surface area is 114 Å². The zero-order chi connectivity index (χ0) is 14.3. The smallest absolute Gasteiger partial charge is 0.240 e. The zero-order valence-electron chi connectivity index (χ0n) is 11.0. The Morgan fingerprint density at radius 1 is 1.37 bits per heavy atom. The van der Waals surface area contributed by atoms with Gasteiger partial charge < -0.3 is 5.73 Å². The molecule has 3 N–H and O–H groups in total. The Morgan fingerprint density at radius 3 is 2.47 bits per heavy atom. The minimum atomic E-state index is -3.57. The van der Waals surface area contributed by atoms with Gasteiger partial charge in [0.25, 0.3) is 0 Å². The molecule has 0 spiro atoms. The topological polar surface area (TPSA) is 96.0 Å². The lowest BCUT2D eigenvalue weighted by Gasteiger charge is -2.16. The van der Waals surface area contributed by atoms with E-state index in [1.807, 2.05) is 13.0 Å². The first-order valence-electron chi connectivity index (χ1n) is 6.26. The number of nitrogens with zero attached hydrogens (tertiary/aromatic N) is 1. The summed E-state index contributed by atoms with van der Waals surface area (Å²) >= 11 is 0. The molecule has 0 aliphatic carbocycles. The summed E-state index contributed by atoms with van der Waals surface area (Å²) in [4.78, 5) is 0.154. The van der Waals surface area contributed by atoms with Gasteiger partial charge in [-0.3, -0.25) is 0 Å². The van der Waals surface area contributed by atoms with Crippen LogP contribution < -0.4 is 10.5 Å². The van der Waals surface area contributed by atoms with Crippen LogP contribution in [0, 0.1) is 11.3 Å². The number of hydrogen-bond acceptors (Lipinski definition) is 4. The molecule has 0 aliphatic rings. The van der Waals surface area contributed by atoms with Gasteiger partial charge in [-0.2, -0.15) is 5.26 Å². The third kappa shape index (κ3) is 4.63. The van der Waals surface area contributed by atoms with E-state index in [0.29, 0.717) is 5.56 Å². The highest BCUT2D eigenvalue weighted by Gasteiger charge is 2.18. The molecule has 1 aromatic carbocycles. The first-order valence-corrected chi connectivity index (χ1v) is 7.74. The van der Waals surface area contributed by atoms with Crippen molar-refractivity contribution in [2.45, 2.75) is 37.1 Å². The van der Waals surface area contributed by atoms with Crippen LogP contribution in [0.1, 0.15) is 31.7 Å². The number of nitrogens with one attached hydrogen (secondary N) is 1. The van der Waals surface area contributed by atoms with E-state index in [2.05, 4.69) is 4.72 Å². The lowest BCUT2D eigenvalue weighted by molar-refractivity contribution is 0.516. The molecule has 0 aromatic heterocycles. The van der Waals surface area contributed by atoms with Crippen LogP contribution in [0.4, 0.5) is 0 Å². The first-order chi connectivity index (χ1) is 9.03. The van der Waals surface area contributed by atoms with Gasteiger partial charge in [0.1, 0.15) is 0 Å². The lowest BCUT2D eigenvalue weighted by Crippen LogP contribution is -2.40. The molecule has 0 fully saturated rings. The van der Waals surface area contributed by atoms with E-state index in [0.717, 1.165) is 19.3 Å². The van der Waals surface area contributed by atoms with Crippen LogP contribution in [0.2, 0.25) is 0 Å². The Hall–Kier alpha value is -1.42. The molecule has 104 valence electrons. The molecule has 0 bridgehead atoms. The molecule has 0 heterocycles. The van der Waals surface area contributed by atoms with Gasteiger partial charge >= 0.3 is 0 Å². The predicted octanol–water partition coefficient (Wildman–Crippen LogP) is 1.35.